The lowest BCUT2D eigenvalue weighted by Gasteiger charge is -2.16. The fourth-order valence-corrected chi connectivity index (χ4v) is 1.18. The van der Waals surface area contributed by atoms with E-state index in [0.717, 1.165) is 6.20 Å². The predicted molar refractivity (Wildman–Crippen MR) is 53.9 cm³/mol. The highest BCUT2D eigenvalue weighted by molar-refractivity contribution is 5.20. The van der Waals surface area contributed by atoms with Gasteiger partial charge in [-0.15, -0.1) is 0 Å². The van der Waals surface area contributed by atoms with Crippen molar-refractivity contribution < 1.29 is 14.6 Å². The van der Waals surface area contributed by atoms with Crippen LogP contribution in [-0.4, -0.2) is 27.8 Å². The minimum absolute atomic E-state index is 0.256. The molecule has 1 rings (SSSR count). The Morgan fingerprint density at radius 2 is 2.31 bits per heavy atom. The number of aliphatic hydroxyl groups is 2. The molecule has 0 radical (unpaired) electrons. The van der Waals surface area contributed by atoms with Crippen LogP contribution in [0, 0.1) is 12.9 Å². The molecular weight excluding hydrogens is 215 g/mol. The molecule has 1 aromatic rings. The fraction of sp³-hybridized carbons (Fsp3) is 0.444. The van der Waals surface area contributed by atoms with Crippen molar-refractivity contribution in [1.82, 2.24) is 4.98 Å². The average Bonchev–Trinajstić information content (AvgIpc) is 2.28. The molecular formula is C9H11FN4O2. The molecule has 1 aromatic heterocycles. The van der Waals surface area contributed by atoms with E-state index < -0.39 is 18.2 Å². The third-order valence-corrected chi connectivity index (χ3v) is 2.07. The van der Waals surface area contributed by atoms with Gasteiger partial charge in [0.1, 0.15) is 6.10 Å². The van der Waals surface area contributed by atoms with Gasteiger partial charge in [0.2, 0.25) is 5.95 Å². The molecule has 0 fully saturated rings. The van der Waals surface area contributed by atoms with Gasteiger partial charge in [-0.25, -0.2) is 4.98 Å². The van der Waals surface area contributed by atoms with Crippen LogP contribution in [-0.2, 0) is 0 Å². The maximum absolute atomic E-state index is 12.8. The van der Waals surface area contributed by atoms with Gasteiger partial charge in [0, 0.05) is 22.2 Å². The Balaban J connectivity index is 2.82. The van der Waals surface area contributed by atoms with Crippen LogP contribution in [0.3, 0.4) is 0 Å². The lowest BCUT2D eigenvalue weighted by Crippen LogP contribution is -2.21. The summed E-state index contributed by atoms with van der Waals surface area (Å²) in [6.07, 6.45) is -1.35. The average molecular weight is 226 g/mol. The third kappa shape index (κ3) is 2.90. The number of halogens is 1. The minimum Gasteiger partial charge on any atom is -0.390 e. The van der Waals surface area contributed by atoms with Crippen LogP contribution < -0.4 is 0 Å². The van der Waals surface area contributed by atoms with Crippen molar-refractivity contribution in [1.29, 1.82) is 0 Å². The monoisotopic (exact) mass is 226 g/mol. The first-order valence-electron chi connectivity index (χ1n) is 4.55. The molecule has 7 heteroatoms. The van der Waals surface area contributed by atoms with Crippen molar-refractivity contribution in [2.24, 2.45) is 5.11 Å². The van der Waals surface area contributed by atoms with Crippen molar-refractivity contribution in [2.45, 2.75) is 19.1 Å². The van der Waals surface area contributed by atoms with Gasteiger partial charge in [0.15, 0.2) is 0 Å². The molecule has 0 bridgehead atoms. The molecule has 0 spiro atoms. The van der Waals surface area contributed by atoms with E-state index in [1.165, 1.54) is 13.0 Å². The van der Waals surface area contributed by atoms with Crippen LogP contribution in [0.1, 0.15) is 17.2 Å². The predicted octanol–water partition coefficient (Wildman–Crippen LogP) is 1.23. The molecule has 0 aliphatic carbocycles. The zero-order valence-corrected chi connectivity index (χ0v) is 8.58. The maximum Gasteiger partial charge on any atom is 0.215 e. The summed E-state index contributed by atoms with van der Waals surface area (Å²) in [6, 6.07) is 1.38. The summed E-state index contributed by atoms with van der Waals surface area (Å²) in [5.74, 6) is -0.625. The van der Waals surface area contributed by atoms with Gasteiger partial charge in [0.05, 0.1) is 12.6 Å². The van der Waals surface area contributed by atoms with Gasteiger partial charge in [-0.05, 0) is 18.5 Å². The molecule has 0 saturated carbocycles. The molecule has 0 aliphatic heterocycles. The standard InChI is InChI=1S/C9H11FN4O2/c1-5-2-6(3-12-9(5)10)8(16)7(15)4-13-14-11/h2-3,7-8,15-16H,4H2,1H3. The minimum atomic E-state index is -1.25. The Morgan fingerprint density at radius 1 is 1.62 bits per heavy atom. The molecule has 0 amide bonds. The van der Waals surface area contributed by atoms with Gasteiger partial charge in [-0.1, -0.05) is 5.11 Å². The summed E-state index contributed by atoms with van der Waals surface area (Å²) >= 11 is 0. The Bertz CT molecular complexity index is 420. The van der Waals surface area contributed by atoms with E-state index in [9.17, 15) is 14.6 Å². The van der Waals surface area contributed by atoms with Gasteiger partial charge < -0.3 is 10.2 Å². The Labute approximate surface area is 91.0 Å². The molecule has 2 atom stereocenters. The van der Waals surface area contributed by atoms with Crippen LogP contribution in [0.15, 0.2) is 17.4 Å². The third-order valence-electron chi connectivity index (χ3n) is 2.07. The lowest BCUT2D eigenvalue weighted by atomic mass is 10.1. The summed E-state index contributed by atoms with van der Waals surface area (Å²) in [5.41, 5.74) is 8.60. The molecule has 0 saturated heterocycles. The van der Waals surface area contributed by atoms with Crippen molar-refractivity contribution in [3.63, 3.8) is 0 Å². The van der Waals surface area contributed by atoms with Crippen LogP contribution in [0.2, 0.25) is 0 Å². The number of azide groups is 1. The van der Waals surface area contributed by atoms with Crippen LogP contribution in [0.4, 0.5) is 4.39 Å². The van der Waals surface area contributed by atoms with E-state index in [1.54, 1.807) is 0 Å². The first kappa shape index (κ1) is 12.4. The smallest absolute Gasteiger partial charge is 0.215 e. The van der Waals surface area contributed by atoms with E-state index in [1.807, 2.05) is 0 Å². The number of aryl methyl sites for hydroxylation is 1. The van der Waals surface area contributed by atoms with E-state index >= 15 is 0 Å². The summed E-state index contributed by atoms with van der Waals surface area (Å²) < 4.78 is 12.8. The van der Waals surface area contributed by atoms with Crippen molar-refractivity contribution >= 4 is 0 Å². The van der Waals surface area contributed by atoms with Crippen LogP contribution in [0.25, 0.3) is 10.4 Å². The van der Waals surface area contributed by atoms with Gasteiger partial charge in [0.25, 0.3) is 0 Å². The summed E-state index contributed by atoms with van der Waals surface area (Å²) in [6.45, 7) is 1.24. The lowest BCUT2D eigenvalue weighted by molar-refractivity contribution is 0.0241. The number of hydrogen-bond acceptors (Lipinski definition) is 4. The second-order valence-corrected chi connectivity index (χ2v) is 3.30. The quantitative estimate of drug-likeness (QED) is 0.349. The topological polar surface area (TPSA) is 102 Å². The van der Waals surface area contributed by atoms with Crippen molar-refractivity contribution in [3.05, 3.63) is 39.8 Å². The number of nitrogens with zero attached hydrogens (tertiary/aromatic N) is 4. The Morgan fingerprint density at radius 3 is 2.88 bits per heavy atom. The van der Waals surface area contributed by atoms with E-state index in [4.69, 9.17) is 5.53 Å². The molecule has 86 valence electrons. The van der Waals surface area contributed by atoms with Gasteiger partial charge >= 0.3 is 0 Å². The molecule has 0 aromatic carbocycles. The highest BCUT2D eigenvalue weighted by atomic mass is 19.1. The zero-order valence-electron chi connectivity index (χ0n) is 8.58. The second-order valence-electron chi connectivity index (χ2n) is 3.30. The number of pyridine rings is 1. The van der Waals surface area contributed by atoms with E-state index in [2.05, 4.69) is 15.0 Å². The van der Waals surface area contributed by atoms with E-state index in [-0.39, 0.29) is 17.7 Å². The first-order chi connectivity index (χ1) is 7.56. The number of rotatable bonds is 4. The molecule has 16 heavy (non-hydrogen) atoms. The number of aliphatic hydroxyl groups excluding tert-OH is 2. The second kappa shape index (κ2) is 5.41. The van der Waals surface area contributed by atoms with Crippen molar-refractivity contribution in [3.8, 4) is 0 Å². The molecule has 6 nitrogen and oxygen atoms in total. The molecule has 0 aliphatic rings. The summed E-state index contributed by atoms with van der Waals surface area (Å²) in [7, 11) is 0. The Hall–Kier alpha value is -1.69. The fourth-order valence-electron chi connectivity index (χ4n) is 1.18. The maximum atomic E-state index is 12.8. The molecule has 2 unspecified atom stereocenters. The first-order valence-corrected chi connectivity index (χ1v) is 4.55. The van der Waals surface area contributed by atoms with Crippen molar-refractivity contribution in [2.75, 3.05) is 6.54 Å². The summed E-state index contributed by atoms with van der Waals surface area (Å²) in [4.78, 5) is 5.88. The van der Waals surface area contributed by atoms with Crippen LogP contribution in [0.5, 0.6) is 0 Å². The largest absolute Gasteiger partial charge is 0.390 e. The number of aromatic nitrogens is 1. The molecule has 2 N–H and O–H groups in total. The van der Waals surface area contributed by atoms with Gasteiger partial charge in [-0.3, -0.25) is 0 Å². The van der Waals surface area contributed by atoms with Crippen LogP contribution >= 0.6 is 0 Å². The van der Waals surface area contributed by atoms with Gasteiger partial charge in [-0.2, -0.15) is 4.39 Å². The number of hydrogen-bond donors (Lipinski definition) is 2. The SMILES string of the molecule is Cc1cc(C(O)C(O)CN=[N+]=[N-])cnc1F. The van der Waals surface area contributed by atoms with E-state index in [0.29, 0.717) is 0 Å². The normalized spacial score (nSPS) is 14.0. The molecule has 1 heterocycles. The highest BCUT2D eigenvalue weighted by Gasteiger charge is 2.18. The Kier molecular flexibility index (Phi) is 4.19. The highest BCUT2D eigenvalue weighted by Crippen LogP contribution is 2.18. The zero-order chi connectivity index (χ0) is 12.1. The summed E-state index contributed by atoms with van der Waals surface area (Å²) in [5, 5.41) is 22.2.